The number of hydrogen-bond donors (Lipinski definition) is 0. The van der Waals surface area contributed by atoms with E-state index in [0.717, 1.165) is 16.0 Å². The lowest BCUT2D eigenvalue weighted by atomic mass is 10.0. The molecule has 0 amide bonds. The van der Waals surface area contributed by atoms with Gasteiger partial charge < -0.3 is 0 Å². The van der Waals surface area contributed by atoms with Gasteiger partial charge in [-0.25, -0.2) is 13.8 Å². The monoisotopic (exact) mass is 402 g/mol. The maximum Gasteiger partial charge on any atom is 0.263 e. The summed E-state index contributed by atoms with van der Waals surface area (Å²) >= 11 is 7.48. The average molecular weight is 403 g/mol. The predicted molar refractivity (Wildman–Crippen MR) is 105 cm³/mol. The van der Waals surface area contributed by atoms with Crippen molar-refractivity contribution in [2.75, 3.05) is 0 Å². The van der Waals surface area contributed by atoms with Crippen LogP contribution in [0.15, 0.2) is 53.6 Å². The van der Waals surface area contributed by atoms with E-state index in [1.54, 1.807) is 18.2 Å². The fraction of sp³-hybridized carbons (Fsp3) is 0.100. The molecule has 27 heavy (non-hydrogen) atoms. The van der Waals surface area contributed by atoms with Crippen LogP contribution in [0, 0.1) is 18.6 Å². The average Bonchev–Trinajstić information content (AvgIpc) is 2.98. The Morgan fingerprint density at radius 2 is 1.89 bits per heavy atom. The molecule has 3 nitrogen and oxygen atoms in total. The molecule has 0 spiro atoms. The summed E-state index contributed by atoms with van der Waals surface area (Å²) < 4.78 is 28.7. The molecule has 2 aromatic heterocycles. The normalized spacial score (nSPS) is 11.3. The largest absolute Gasteiger partial charge is 0.294 e. The molecule has 0 saturated carbocycles. The molecule has 0 aliphatic heterocycles. The van der Waals surface area contributed by atoms with Crippen LogP contribution in [0.4, 0.5) is 8.78 Å². The standard InChI is InChI=1S/C20H13ClF2N2OS/c1-11-17(12-5-7-13(22)8-6-12)18-19(27-11)24-10-25(20(18)26)9-14-15(21)3-2-4-16(14)23/h2-8,10H,9H2,1H3. The fourth-order valence-electron chi connectivity index (χ4n) is 3.07. The summed E-state index contributed by atoms with van der Waals surface area (Å²) in [6, 6.07) is 10.4. The molecule has 4 aromatic rings. The van der Waals surface area contributed by atoms with Crippen LogP contribution in [-0.2, 0) is 6.54 Å². The van der Waals surface area contributed by atoms with E-state index in [-0.39, 0.29) is 28.5 Å². The molecule has 2 heterocycles. The van der Waals surface area contributed by atoms with Gasteiger partial charge in [0.2, 0.25) is 0 Å². The number of halogens is 3. The summed E-state index contributed by atoms with van der Waals surface area (Å²) in [5.74, 6) is -0.824. The van der Waals surface area contributed by atoms with Gasteiger partial charge in [-0.2, -0.15) is 0 Å². The molecule has 0 N–H and O–H groups in total. The first kappa shape index (κ1) is 17.8. The van der Waals surface area contributed by atoms with Gasteiger partial charge in [0.15, 0.2) is 0 Å². The van der Waals surface area contributed by atoms with Gasteiger partial charge in [0.1, 0.15) is 16.5 Å². The van der Waals surface area contributed by atoms with Gasteiger partial charge in [-0.05, 0) is 36.8 Å². The molecule has 136 valence electrons. The summed E-state index contributed by atoms with van der Waals surface area (Å²) in [6.07, 6.45) is 1.40. The molecule has 0 aliphatic rings. The number of nitrogens with zero attached hydrogens (tertiary/aromatic N) is 2. The second kappa shape index (κ2) is 6.87. The second-order valence-electron chi connectivity index (χ2n) is 6.10. The first-order valence-electron chi connectivity index (χ1n) is 8.13. The third kappa shape index (κ3) is 3.15. The van der Waals surface area contributed by atoms with Gasteiger partial charge in [-0.15, -0.1) is 11.3 Å². The van der Waals surface area contributed by atoms with Crippen LogP contribution >= 0.6 is 22.9 Å². The third-order valence-corrected chi connectivity index (χ3v) is 5.75. The van der Waals surface area contributed by atoms with Crippen molar-refractivity contribution >= 4 is 33.2 Å². The summed E-state index contributed by atoms with van der Waals surface area (Å²) in [5, 5.41) is 0.696. The molecule has 0 radical (unpaired) electrons. The molecule has 0 aliphatic carbocycles. The molecule has 2 aromatic carbocycles. The highest BCUT2D eigenvalue weighted by molar-refractivity contribution is 7.19. The molecule has 0 fully saturated rings. The predicted octanol–water partition coefficient (Wildman–Crippen LogP) is 5.41. The fourth-order valence-corrected chi connectivity index (χ4v) is 4.29. The Bertz CT molecular complexity index is 1200. The Labute approximate surface area is 162 Å². The molecule has 7 heteroatoms. The van der Waals surface area contributed by atoms with Gasteiger partial charge in [-0.1, -0.05) is 29.8 Å². The summed E-state index contributed by atoms with van der Waals surface area (Å²) in [4.78, 5) is 19.0. The highest BCUT2D eigenvalue weighted by atomic mass is 35.5. The Morgan fingerprint density at radius 1 is 1.15 bits per heavy atom. The van der Waals surface area contributed by atoms with Gasteiger partial charge in [-0.3, -0.25) is 9.36 Å². The molecular formula is C20H13ClF2N2OS. The minimum atomic E-state index is -0.477. The van der Waals surface area contributed by atoms with Crippen molar-refractivity contribution in [2.45, 2.75) is 13.5 Å². The van der Waals surface area contributed by atoms with Crippen molar-refractivity contribution in [1.29, 1.82) is 0 Å². The van der Waals surface area contributed by atoms with Crippen molar-refractivity contribution < 1.29 is 8.78 Å². The van der Waals surface area contributed by atoms with Crippen LogP contribution in [0.5, 0.6) is 0 Å². The van der Waals surface area contributed by atoms with Gasteiger partial charge in [0.05, 0.1) is 18.3 Å². The zero-order valence-electron chi connectivity index (χ0n) is 14.2. The summed E-state index contributed by atoms with van der Waals surface area (Å²) in [6.45, 7) is 1.87. The molecule has 0 saturated heterocycles. The molecule has 0 bridgehead atoms. The molecule has 0 unspecified atom stereocenters. The zero-order chi connectivity index (χ0) is 19.1. The SMILES string of the molecule is Cc1sc2ncn(Cc3c(F)cccc3Cl)c(=O)c2c1-c1ccc(F)cc1. The third-order valence-electron chi connectivity index (χ3n) is 4.38. The number of aryl methyl sites for hydroxylation is 1. The first-order valence-corrected chi connectivity index (χ1v) is 9.32. The van der Waals surface area contributed by atoms with Crippen molar-refractivity contribution in [2.24, 2.45) is 0 Å². The van der Waals surface area contributed by atoms with Gasteiger partial charge in [0, 0.05) is 21.0 Å². The van der Waals surface area contributed by atoms with Crippen molar-refractivity contribution in [3.63, 3.8) is 0 Å². The van der Waals surface area contributed by atoms with E-state index >= 15 is 0 Å². The van der Waals surface area contributed by atoms with Crippen LogP contribution < -0.4 is 5.56 Å². The Kier molecular flexibility index (Phi) is 4.53. The van der Waals surface area contributed by atoms with Gasteiger partial charge >= 0.3 is 0 Å². The van der Waals surface area contributed by atoms with Crippen LogP contribution in [-0.4, -0.2) is 9.55 Å². The van der Waals surface area contributed by atoms with E-state index in [1.807, 2.05) is 6.92 Å². The van der Waals surface area contributed by atoms with Crippen molar-refractivity contribution in [3.05, 3.63) is 86.2 Å². The zero-order valence-corrected chi connectivity index (χ0v) is 15.7. The Balaban J connectivity index is 1.90. The molecule has 4 rings (SSSR count). The highest BCUT2D eigenvalue weighted by Gasteiger charge is 2.18. The van der Waals surface area contributed by atoms with E-state index in [1.165, 1.54) is 46.5 Å². The van der Waals surface area contributed by atoms with Crippen molar-refractivity contribution in [3.8, 4) is 11.1 Å². The van der Waals surface area contributed by atoms with Crippen LogP contribution in [0.3, 0.4) is 0 Å². The van der Waals surface area contributed by atoms with E-state index in [0.29, 0.717) is 10.2 Å². The number of hydrogen-bond acceptors (Lipinski definition) is 3. The minimum Gasteiger partial charge on any atom is -0.294 e. The number of aromatic nitrogens is 2. The van der Waals surface area contributed by atoms with E-state index in [9.17, 15) is 13.6 Å². The second-order valence-corrected chi connectivity index (χ2v) is 7.71. The van der Waals surface area contributed by atoms with E-state index < -0.39 is 5.82 Å². The number of thiophene rings is 1. The Hall–Kier alpha value is -2.57. The number of rotatable bonds is 3. The lowest BCUT2D eigenvalue weighted by Crippen LogP contribution is -2.21. The number of fused-ring (bicyclic) bond motifs is 1. The van der Waals surface area contributed by atoms with E-state index in [2.05, 4.69) is 4.98 Å². The quantitative estimate of drug-likeness (QED) is 0.459. The van der Waals surface area contributed by atoms with E-state index in [4.69, 9.17) is 11.6 Å². The number of benzene rings is 2. The lowest BCUT2D eigenvalue weighted by Gasteiger charge is -2.09. The first-order chi connectivity index (χ1) is 13.0. The maximum atomic E-state index is 14.1. The molecular weight excluding hydrogens is 390 g/mol. The highest BCUT2D eigenvalue weighted by Crippen LogP contribution is 2.35. The smallest absolute Gasteiger partial charge is 0.263 e. The van der Waals surface area contributed by atoms with Crippen LogP contribution in [0.2, 0.25) is 5.02 Å². The summed E-state index contributed by atoms with van der Waals surface area (Å²) in [7, 11) is 0. The lowest BCUT2D eigenvalue weighted by molar-refractivity contribution is 0.595. The van der Waals surface area contributed by atoms with Crippen LogP contribution in [0.1, 0.15) is 10.4 Å². The topological polar surface area (TPSA) is 34.9 Å². The van der Waals surface area contributed by atoms with Crippen LogP contribution in [0.25, 0.3) is 21.3 Å². The maximum absolute atomic E-state index is 14.1. The van der Waals surface area contributed by atoms with Gasteiger partial charge in [0.25, 0.3) is 5.56 Å². The molecule has 0 atom stereocenters. The van der Waals surface area contributed by atoms with Crippen molar-refractivity contribution in [1.82, 2.24) is 9.55 Å². The summed E-state index contributed by atoms with van der Waals surface area (Å²) in [5.41, 5.74) is 1.41. The Morgan fingerprint density at radius 3 is 2.59 bits per heavy atom. The minimum absolute atomic E-state index is 0.0228.